The van der Waals surface area contributed by atoms with E-state index in [1.807, 2.05) is 62.4 Å². The Morgan fingerprint density at radius 1 is 1.00 bits per heavy atom. The van der Waals surface area contributed by atoms with Crippen LogP contribution in [0.1, 0.15) is 43.0 Å². The van der Waals surface area contributed by atoms with Crippen LogP contribution in [0.5, 0.6) is 5.75 Å². The standard InChI is InChI=1S/C21H28N2O3/c1-4-20(18-10-12-19(25-3)13-11-18)23-21(24)22-14-16-6-8-17(9-7-16)15-26-5-2/h6-13,20H,4-5,14-15H2,1-3H3,(H2,22,23,24). The molecule has 1 unspecified atom stereocenters. The van der Waals surface area contributed by atoms with E-state index in [1.165, 1.54) is 0 Å². The molecule has 0 aliphatic heterocycles. The van der Waals surface area contributed by atoms with Crippen molar-refractivity contribution in [1.29, 1.82) is 0 Å². The van der Waals surface area contributed by atoms with Crippen molar-refractivity contribution in [2.24, 2.45) is 0 Å². The van der Waals surface area contributed by atoms with Crippen LogP contribution >= 0.6 is 0 Å². The molecule has 0 bridgehead atoms. The van der Waals surface area contributed by atoms with Crippen LogP contribution in [0.25, 0.3) is 0 Å². The average Bonchev–Trinajstić information content (AvgIpc) is 2.69. The third-order valence-electron chi connectivity index (χ3n) is 4.18. The molecule has 0 aliphatic rings. The summed E-state index contributed by atoms with van der Waals surface area (Å²) in [5.41, 5.74) is 3.24. The molecule has 0 saturated heterocycles. The van der Waals surface area contributed by atoms with E-state index in [0.717, 1.165) is 28.9 Å². The van der Waals surface area contributed by atoms with E-state index in [-0.39, 0.29) is 12.1 Å². The minimum atomic E-state index is -0.175. The second kappa shape index (κ2) is 10.5. The van der Waals surface area contributed by atoms with Gasteiger partial charge in [0.15, 0.2) is 0 Å². The van der Waals surface area contributed by atoms with Crippen molar-refractivity contribution in [3.63, 3.8) is 0 Å². The van der Waals surface area contributed by atoms with Gasteiger partial charge in [-0.1, -0.05) is 43.3 Å². The van der Waals surface area contributed by atoms with Crippen LogP contribution in [-0.2, 0) is 17.9 Å². The summed E-state index contributed by atoms with van der Waals surface area (Å²) < 4.78 is 10.6. The minimum absolute atomic E-state index is 0.0329. The number of hydrogen-bond donors (Lipinski definition) is 2. The summed E-state index contributed by atoms with van der Waals surface area (Å²) in [6, 6.07) is 15.6. The molecule has 0 aliphatic carbocycles. The first kappa shape index (κ1) is 19.8. The van der Waals surface area contributed by atoms with Crippen LogP contribution in [0, 0.1) is 0 Å². The van der Waals surface area contributed by atoms with Gasteiger partial charge in [-0.2, -0.15) is 0 Å². The maximum atomic E-state index is 12.2. The molecule has 26 heavy (non-hydrogen) atoms. The van der Waals surface area contributed by atoms with E-state index < -0.39 is 0 Å². The van der Waals surface area contributed by atoms with Crippen LogP contribution < -0.4 is 15.4 Å². The molecule has 0 heterocycles. The summed E-state index contributed by atoms with van der Waals surface area (Å²) in [5, 5.41) is 5.93. The molecule has 2 N–H and O–H groups in total. The smallest absolute Gasteiger partial charge is 0.315 e. The van der Waals surface area contributed by atoms with Gasteiger partial charge >= 0.3 is 6.03 Å². The van der Waals surface area contributed by atoms with E-state index in [2.05, 4.69) is 10.6 Å². The summed E-state index contributed by atoms with van der Waals surface area (Å²) in [6.07, 6.45) is 0.811. The first-order valence-corrected chi connectivity index (χ1v) is 9.00. The molecule has 2 rings (SSSR count). The normalized spacial score (nSPS) is 11.7. The maximum absolute atomic E-state index is 12.2. The van der Waals surface area contributed by atoms with Gasteiger partial charge in [-0.3, -0.25) is 0 Å². The summed E-state index contributed by atoms with van der Waals surface area (Å²) >= 11 is 0. The maximum Gasteiger partial charge on any atom is 0.315 e. The monoisotopic (exact) mass is 356 g/mol. The third-order valence-corrected chi connectivity index (χ3v) is 4.18. The Labute approximate surface area is 155 Å². The Bertz CT molecular complexity index is 669. The Balaban J connectivity index is 1.84. The van der Waals surface area contributed by atoms with Crippen molar-refractivity contribution in [3.05, 3.63) is 65.2 Å². The highest BCUT2D eigenvalue weighted by molar-refractivity contribution is 5.74. The highest BCUT2D eigenvalue weighted by Crippen LogP contribution is 2.20. The number of amides is 2. The van der Waals surface area contributed by atoms with Crippen molar-refractivity contribution in [2.45, 2.75) is 39.5 Å². The van der Waals surface area contributed by atoms with E-state index in [1.54, 1.807) is 7.11 Å². The molecule has 1 atom stereocenters. The van der Waals surface area contributed by atoms with Crippen LogP contribution in [0.4, 0.5) is 4.79 Å². The lowest BCUT2D eigenvalue weighted by Crippen LogP contribution is -2.37. The van der Waals surface area contributed by atoms with Crippen molar-refractivity contribution < 1.29 is 14.3 Å². The molecular weight excluding hydrogens is 328 g/mol. The van der Waals surface area contributed by atoms with Crippen molar-refractivity contribution >= 4 is 6.03 Å². The number of benzene rings is 2. The Morgan fingerprint density at radius 3 is 2.23 bits per heavy atom. The SMILES string of the molecule is CCOCc1ccc(CNC(=O)NC(CC)c2ccc(OC)cc2)cc1. The predicted molar refractivity (Wildman–Crippen MR) is 103 cm³/mol. The Kier molecular flexibility index (Phi) is 7.96. The Morgan fingerprint density at radius 2 is 1.65 bits per heavy atom. The number of nitrogens with one attached hydrogen (secondary N) is 2. The third kappa shape index (κ3) is 6.08. The van der Waals surface area contributed by atoms with Crippen LogP contribution in [0.2, 0.25) is 0 Å². The van der Waals surface area contributed by atoms with Gasteiger partial charge in [-0.05, 0) is 42.2 Å². The molecule has 0 spiro atoms. The van der Waals surface area contributed by atoms with Gasteiger partial charge in [-0.25, -0.2) is 4.79 Å². The van der Waals surface area contributed by atoms with Crippen LogP contribution in [-0.4, -0.2) is 19.7 Å². The molecule has 2 aromatic rings. The van der Waals surface area contributed by atoms with Crippen molar-refractivity contribution in [1.82, 2.24) is 10.6 Å². The van der Waals surface area contributed by atoms with Gasteiger partial charge in [0.2, 0.25) is 0 Å². The zero-order chi connectivity index (χ0) is 18.8. The fourth-order valence-electron chi connectivity index (χ4n) is 2.62. The molecule has 2 amide bonds. The van der Waals surface area contributed by atoms with Crippen molar-refractivity contribution in [2.75, 3.05) is 13.7 Å². The zero-order valence-electron chi connectivity index (χ0n) is 15.7. The fourth-order valence-corrected chi connectivity index (χ4v) is 2.62. The lowest BCUT2D eigenvalue weighted by Gasteiger charge is -2.18. The topological polar surface area (TPSA) is 59.6 Å². The fraction of sp³-hybridized carbons (Fsp3) is 0.381. The van der Waals surface area contributed by atoms with E-state index in [9.17, 15) is 4.79 Å². The van der Waals surface area contributed by atoms with Crippen LogP contribution in [0.3, 0.4) is 0 Å². The number of carbonyl (C=O) groups excluding carboxylic acids is 1. The molecule has 0 saturated carbocycles. The first-order valence-electron chi connectivity index (χ1n) is 9.00. The molecule has 5 heteroatoms. The van der Waals surface area contributed by atoms with Crippen molar-refractivity contribution in [3.8, 4) is 5.75 Å². The minimum Gasteiger partial charge on any atom is -0.497 e. The number of hydrogen-bond acceptors (Lipinski definition) is 3. The summed E-state index contributed by atoms with van der Waals surface area (Å²) in [4.78, 5) is 12.2. The first-order chi connectivity index (χ1) is 12.7. The van der Waals surface area contributed by atoms with E-state index >= 15 is 0 Å². The highest BCUT2D eigenvalue weighted by atomic mass is 16.5. The molecule has 0 aromatic heterocycles. The lowest BCUT2D eigenvalue weighted by atomic mass is 10.0. The lowest BCUT2D eigenvalue weighted by molar-refractivity contribution is 0.134. The van der Waals surface area contributed by atoms with E-state index in [4.69, 9.17) is 9.47 Å². The highest BCUT2D eigenvalue weighted by Gasteiger charge is 2.12. The number of methoxy groups -OCH3 is 1. The van der Waals surface area contributed by atoms with Crippen LogP contribution in [0.15, 0.2) is 48.5 Å². The van der Waals surface area contributed by atoms with Gasteiger partial charge in [0.25, 0.3) is 0 Å². The van der Waals surface area contributed by atoms with Gasteiger partial charge in [-0.15, -0.1) is 0 Å². The second-order valence-electron chi connectivity index (χ2n) is 6.01. The van der Waals surface area contributed by atoms with Gasteiger partial charge in [0.1, 0.15) is 5.75 Å². The predicted octanol–water partition coefficient (Wildman–Crippen LogP) is 4.18. The summed E-state index contributed by atoms with van der Waals surface area (Å²) in [6.45, 7) is 5.83. The number of ether oxygens (including phenoxy) is 2. The number of rotatable bonds is 9. The molecule has 2 aromatic carbocycles. The quantitative estimate of drug-likeness (QED) is 0.708. The molecular formula is C21H28N2O3. The van der Waals surface area contributed by atoms with Gasteiger partial charge in [0.05, 0.1) is 19.8 Å². The van der Waals surface area contributed by atoms with E-state index in [0.29, 0.717) is 19.8 Å². The zero-order valence-corrected chi connectivity index (χ0v) is 15.7. The number of urea groups is 1. The summed E-state index contributed by atoms with van der Waals surface area (Å²) in [5.74, 6) is 0.806. The summed E-state index contributed by atoms with van der Waals surface area (Å²) in [7, 11) is 1.64. The van der Waals surface area contributed by atoms with Gasteiger partial charge in [0, 0.05) is 13.2 Å². The Hall–Kier alpha value is -2.53. The molecule has 0 radical (unpaired) electrons. The second-order valence-corrected chi connectivity index (χ2v) is 6.01. The molecule has 140 valence electrons. The number of carbonyl (C=O) groups is 1. The van der Waals surface area contributed by atoms with Gasteiger partial charge < -0.3 is 20.1 Å². The molecule has 0 fully saturated rings. The molecule has 5 nitrogen and oxygen atoms in total. The largest absolute Gasteiger partial charge is 0.497 e. The average molecular weight is 356 g/mol.